The van der Waals surface area contributed by atoms with Gasteiger partial charge in [-0.3, -0.25) is 4.79 Å². The maximum atomic E-state index is 11.7. The van der Waals surface area contributed by atoms with Gasteiger partial charge < -0.3 is 19.5 Å². The number of rotatable bonds is 3. The highest BCUT2D eigenvalue weighted by Gasteiger charge is 2.25. The summed E-state index contributed by atoms with van der Waals surface area (Å²) in [4.78, 5) is 24.9. The van der Waals surface area contributed by atoms with Gasteiger partial charge in [-0.1, -0.05) is 5.16 Å². The molecule has 0 atom stereocenters. The van der Waals surface area contributed by atoms with E-state index in [0.717, 1.165) is 6.54 Å². The van der Waals surface area contributed by atoms with E-state index in [1.807, 2.05) is 0 Å². The Morgan fingerprint density at radius 3 is 3.06 bits per heavy atom. The second-order valence-electron chi connectivity index (χ2n) is 4.05. The molecule has 1 aliphatic rings. The molecular weight excluding hydrogens is 238 g/mol. The van der Waals surface area contributed by atoms with Gasteiger partial charge in [0, 0.05) is 18.7 Å². The number of aryl methyl sites for hydroxylation is 1. The van der Waals surface area contributed by atoms with Gasteiger partial charge in [0.25, 0.3) is 0 Å². The molecule has 0 unspecified atom stereocenters. The zero-order valence-corrected chi connectivity index (χ0v) is 10.4. The fourth-order valence-electron chi connectivity index (χ4n) is 1.84. The number of amides is 1. The third-order valence-electron chi connectivity index (χ3n) is 2.90. The van der Waals surface area contributed by atoms with Crippen molar-refractivity contribution < 1.29 is 18.8 Å². The molecule has 1 saturated heterocycles. The molecule has 0 radical (unpaired) electrons. The van der Waals surface area contributed by atoms with Crippen LogP contribution in [0.1, 0.15) is 21.8 Å². The molecular formula is C11H15N3O4. The zero-order chi connectivity index (χ0) is 13.1. The molecule has 1 aromatic heterocycles. The van der Waals surface area contributed by atoms with Crippen molar-refractivity contribution in [2.24, 2.45) is 0 Å². The molecule has 1 aromatic rings. The number of hydrogen-bond acceptors (Lipinski definition) is 6. The quantitative estimate of drug-likeness (QED) is 0.745. The molecule has 0 spiro atoms. The summed E-state index contributed by atoms with van der Waals surface area (Å²) in [6.45, 7) is 3.69. The first-order chi connectivity index (χ1) is 8.63. The number of hydrogen-bond donors (Lipinski definition) is 1. The van der Waals surface area contributed by atoms with Crippen LogP contribution in [-0.2, 0) is 16.1 Å². The van der Waals surface area contributed by atoms with Gasteiger partial charge in [-0.05, 0) is 6.92 Å². The van der Waals surface area contributed by atoms with Crippen molar-refractivity contribution in [2.75, 3.05) is 26.7 Å². The number of piperazine rings is 1. The smallest absolute Gasteiger partial charge is 0.360 e. The first kappa shape index (κ1) is 12.6. The fraction of sp³-hybridized carbons (Fsp3) is 0.545. The first-order valence-corrected chi connectivity index (χ1v) is 5.65. The Kier molecular flexibility index (Phi) is 3.61. The molecule has 18 heavy (non-hydrogen) atoms. The van der Waals surface area contributed by atoms with Crippen LogP contribution in [0, 0.1) is 6.92 Å². The maximum Gasteiger partial charge on any atom is 0.360 e. The third kappa shape index (κ3) is 2.35. The zero-order valence-electron chi connectivity index (χ0n) is 10.4. The van der Waals surface area contributed by atoms with Crippen molar-refractivity contribution >= 4 is 11.9 Å². The molecule has 7 nitrogen and oxygen atoms in total. The van der Waals surface area contributed by atoms with Crippen LogP contribution in [0.2, 0.25) is 0 Å². The summed E-state index contributed by atoms with van der Waals surface area (Å²) in [6.07, 6.45) is 0. The summed E-state index contributed by atoms with van der Waals surface area (Å²) in [5.41, 5.74) is 0.749. The molecule has 1 aliphatic heterocycles. The lowest BCUT2D eigenvalue weighted by Crippen LogP contribution is -2.47. The molecule has 0 saturated carbocycles. The van der Waals surface area contributed by atoms with Gasteiger partial charge in [-0.25, -0.2) is 4.79 Å². The normalized spacial score (nSPS) is 15.9. The van der Waals surface area contributed by atoms with E-state index in [1.54, 1.807) is 11.8 Å². The van der Waals surface area contributed by atoms with Gasteiger partial charge in [0.1, 0.15) is 5.76 Å². The molecule has 7 heteroatoms. The van der Waals surface area contributed by atoms with Gasteiger partial charge in [0.2, 0.25) is 5.91 Å². The minimum Gasteiger partial charge on any atom is -0.464 e. The lowest BCUT2D eigenvalue weighted by Gasteiger charge is -2.27. The van der Waals surface area contributed by atoms with Gasteiger partial charge in [-0.15, -0.1) is 0 Å². The van der Waals surface area contributed by atoms with E-state index >= 15 is 0 Å². The first-order valence-electron chi connectivity index (χ1n) is 5.65. The van der Waals surface area contributed by atoms with E-state index in [2.05, 4.69) is 15.2 Å². The summed E-state index contributed by atoms with van der Waals surface area (Å²) in [5.74, 6) is -0.0242. The monoisotopic (exact) mass is 253 g/mol. The van der Waals surface area contributed by atoms with E-state index in [-0.39, 0.29) is 11.6 Å². The summed E-state index contributed by atoms with van der Waals surface area (Å²) in [5, 5.41) is 6.66. The molecule has 1 fully saturated rings. The summed E-state index contributed by atoms with van der Waals surface area (Å²) < 4.78 is 9.62. The number of nitrogens with one attached hydrogen (secondary N) is 1. The largest absolute Gasteiger partial charge is 0.464 e. The number of esters is 1. The van der Waals surface area contributed by atoms with Crippen LogP contribution in [-0.4, -0.2) is 48.7 Å². The van der Waals surface area contributed by atoms with Crippen molar-refractivity contribution in [1.29, 1.82) is 0 Å². The highest BCUT2D eigenvalue weighted by Crippen LogP contribution is 2.17. The number of nitrogens with zero attached hydrogens (tertiary/aromatic N) is 2. The summed E-state index contributed by atoms with van der Waals surface area (Å²) in [6, 6.07) is 0. The van der Waals surface area contributed by atoms with Gasteiger partial charge in [-0.2, -0.15) is 0 Å². The summed E-state index contributed by atoms with van der Waals surface area (Å²) in [7, 11) is 1.28. The Balaban J connectivity index is 2.20. The standard InChI is InChI=1S/C11H15N3O4/c1-7-8(10(13-18-7)11(16)17-2)6-14-4-3-12-5-9(14)15/h12H,3-6H2,1-2H3. The average Bonchev–Trinajstić information content (AvgIpc) is 2.73. The van der Waals surface area contributed by atoms with Crippen molar-refractivity contribution in [3.63, 3.8) is 0 Å². The van der Waals surface area contributed by atoms with Crippen LogP contribution in [0.3, 0.4) is 0 Å². The van der Waals surface area contributed by atoms with Gasteiger partial charge in [0.05, 0.1) is 20.2 Å². The van der Waals surface area contributed by atoms with Crippen LogP contribution in [0.15, 0.2) is 4.52 Å². The molecule has 1 amide bonds. The molecule has 0 aliphatic carbocycles. The van der Waals surface area contributed by atoms with Crippen LogP contribution in [0.4, 0.5) is 0 Å². The lowest BCUT2D eigenvalue weighted by atomic mass is 10.1. The van der Waals surface area contributed by atoms with E-state index in [9.17, 15) is 9.59 Å². The van der Waals surface area contributed by atoms with Crippen molar-refractivity contribution in [2.45, 2.75) is 13.5 Å². The van der Waals surface area contributed by atoms with E-state index in [1.165, 1.54) is 7.11 Å². The van der Waals surface area contributed by atoms with Crippen molar-refractivity contribution in [1.82, 2.24) is 15.4 Å². The van der Waals surface area contributed by atoms with Crippen LogP contribution < -0.4 is 5.32 Å². The van der Waals surface area contributed by atoms with E-state index < -0.39 is 5.97 Å². The average molecular weight is 253 g/mol. The molecule has 98 valence electrons. The van der Waals surface area contributed by atoms with Gasteiger partial charge >= 0.3 is 5.97 Å². The van der Waals surface area contributed by atoms with Crippen LogP contribution in [0.25, 0.3) is 0 Å². The Morgan fingerprint density at radius 2 is 2.39 bits per heavy atom. The fourth-order valence-corrected chi connectivity index (χ4v) is 1.84. The van der Waals surface area contributed by atoms with E-state index in [0.29, 0.717) is 31.0 Å². The third-order valence-corrected chi connectivity index (χ3v) is 2.90. The Labute approximate surface area is 104 Å². The Bertz CT molecular complexity index is 469. The molecule has 0 bridgehead atoms. The molecule has 1 N–H and O–H groups in total. The predicted octanol–water partition coefficient (Wildman–Crippen LogP) is -0.299. The predicted molar refractivity (Wildman–Crippen MR) is 60.9 cm³/mol. The Hall–Kier alpha value is -1.89. The minimum absolute atomic E-state index is 0.00216. The van der Waals surface area contributed by atoms with Crippen molar-refractivity contribution in [3.05, 3.63) is 17.0 Å². The second kappa shape index (κ2) is 5.18. The molecule has 2 heterocycles. The summed E-state index contributed by atoms with van der Waals surface area (Å²) >= 11 is 0. The minimum atomic E-state index is -0.551. The number of methoxy groups -OCH3 is 1. The Morgan fingerprint density at radius 1 is 1.61 bits per heavy atom. The second-order valence-corrected chi connectivity index (χ2v) is 4.05. The highest BCUT2D eigenvalue weighted by molar-refractivity contribution is 5.89. The van der Waals surface area contributed by atoms with Gasteiger partial charge in [0.15, 0.2) is 5.69 Å². The molecule has 0 aromatic carbocycles. The number of aromatic nitrogens is 1. The number of carbonyl (C=O) groups is 2. The van der Waals surface area contributed by atoms with E-state index in [4.69, 9.17) is 4.52 Å². The van der Waals surface area contributed by atoms with Crippen LogP contribution in [0.5, 0.6) is 0 Å². The SMILES string of the molecule is COC(=O)c1noc(C)c1CN1CCNCC1=O. The molecule has 2 rings (SSSR count). The van der Waals surface area contributed by atoms with Crippen LogP contribution >= 0.6 is 0 Å². The maximum absolute atomic E-state index is 11.7. The lowest BCUT2D eigenvalue weighted by molar-refractivity contribution is -0.132. The van der Waals surface area contributed by atoms with Crippen molar-refractivity contribution in [3.8, 4) is 0 Å². The topological polar surface area (TPSA) is 84.7 Å². The number of ether oxygens (including phenoxy) is 1. The highest BCUT2D eigenvalue weighted by atomic mass is 16.5. The number of carbonyl (C=O) groups excluding carboxylic acids is 2.